The van der Waals surface area contributed by atoms with Crippen molar-refractivity contribution in [3.05, 3.63) is 70.1 Å². The number of alkyl halides is 1. The van der Waals surface area contributed by atoms with Gasteiger partial charge in [-0.2, -0.15) is 9.97 Å². The first-order chi connectivity index (χ1) is 22.7. The summed E-state index contributed by atoms with van der Waals surface area (Å²) >= 11 is 6.93. The van der Waals surface area contributed by atoms with Crippen LogP contribution in [0.15, 0.2) is 36.7 Å². The van der Waals surface area contributed by atoms with Gasteiger partial charge in [0.05, 0.1) is 10.6 Å². The minimum absolute atomic E-state index is 0.0406. The number of carbonyl (C=O) groups excluding carboxylic acids is 1. The predicted molar refractivity (Wildman–Crippen MR) is 172 cm³/mol. The van der Waals surface area contributed by atoms with Crippen molar-refractivity contribution in [2.45, 2.75) is 55.8 Å². The molecular formula is C35H34ClF3N6O2. The first kappa shape index (κ1) is 30.5. The highest BCUT2D eigenvalue weighted by atomic mass is 35.5. The fourth-order valence-corrected chi connectivity index (χ4v) is 8.94. The summed E-state index contributed by atoms with van der Waals surface area (Å²) in [6.45, 7) is 12.3. The topological polar surface area (TPSA) is 66.2 Å². The van der Waals surface area contributed by atoms with E-state index in [-0.39, 0.29) is 49.3 Å². The van der Waals surface area contributed by atoms with Crippen LogP contribution in [-0.2, 0) is 11.2 Å². The number of halogens is 4. The number of anilines is 1. The van der Waals surface area contributed by atoms with Gasteiger partial charge < -0.3 is 19.4 Å². The second-order valence-electron chi connectivity index (χ2n) is 13.7. The Bertz CT molecular complexity index is 1870. The Morgan fingerprint density at radius 1 is 1.23 bits per heavy atom. The number of aromatic nitrogens is 2. The summed E-state index contributed by atoms with van der Waals surface area (Å²) in [6, 6.07) is 6.94. The fraction of sp³-hybridized carbons (Fsp3) is 0.486. The number of rotatable bonds is 7. The Morgan fingerprint density at radius 2 is 2.09 bits per heavy atom. The zero-order valence-electron chi connectivity index (χ0n) is 25.8. The standard InChI is InChI=1S/C35H34ClF3N6O2/c1-19(37)33(46)45-10-9-43(17-23(45)15-40-2)32-26-13-27(36)29(24-6-3-5-20-11-21-12-25(21)28(20)24)30(39)31(26)41-34(42-32)47-18-35-7-4-8-44(35)16-22(38)14-35/h3,5-6,13,21-23,25H,1,4,7-12,14-18H2/t21?,22-,23+,25?,35?/m1/s1. The van der Waals surface area contributed by atoms with E-state index in [9.17, 15) is 13.6 Å². The Hall–Kier alpha value is -3.88. The van der Waals surface area contributed by atoms with Crippen molar-refractivity contribution >= 4 is 34.2 Å². The van der Waals surface area contributed by atoms with Crippen molar-refractivity contribution in [3.8, 4) is 17.1 Å². The molecule has 8 rings (SSSR count). The number of amides is 1. The third-order valence-corrected chi connectivity index (χ3v) is 11.2. The van der Waals surface area contributed by atoms with Crippen LogP contribution in [0.2, 0.25) is 5.02 Å². The van der Waals surface area contributed by atoms with E-state index in [1.165, 1.54) is 10.5 Å². The second kappa shape index (κ2) is 11.4. The molecule has 3 saturated heterocycles. The molecule has 5 atom stereocenters. The van der Waals surface area contributed by atoms with E-state index in [1.54, 1.807) is 6.07 Å². The minimum Gasteiger partial charge on any atom is -0.461 e. The van der Waals surface area contributed by atoms with Gasteiger partial charge in [0.1, 0.15) is 30.2 Å². The maximum atomic E-state index is 17.0. The van der Waals surface area contributed by atoms with Crippen LogP contribution < -0.4 is 9.64 Å². The van der Waals surface area contributed by atoms with E-state index in [0.717, 1.165) is 43.4 Å². The van der Waals surface area contributed by atoms with E-state index in [0.29, 0.717) is 41.6 Å². The number of piperazine rings is 1. The average Bonchev–Trinajstić information content (AvgIpc) is 3.37. The first-order valence-electron chi connectivity index (χ1n) is 16.2. The molecule has 8 nitrogen and oxygen atoms in total. The molecule has 2 aliphatic carbocycles. The van der Waals surface area contributed by atoms with Crippen LogP contribution in [0.3, 0.4) is 0 Å². The second-order valence-corrected chi connectivity index (χ2v) is 14.1. The molecule has 0 bridgehead atoms. The first-order valence-corrected chi connectivity index (χ1v) is 16.6. The van der Waals surface area contributed by atoms with Crippen LogP contribution in [0.1, 0.15) is 42.7 Å². The SMILES string of the molecule is [C-]#[N+]C[C@H]1CN(c2nc(OCC34CCCN3C[C@H](F)C4)nc3c(F)c(-c4cccc5c4C4CC4C5)c(Cl)cc23)CCN1C(=O)C(=C)F. The summed E-state index contributed by atoms with van der Waals surface area (Å²) in [4.78, 5) is 30.7. The van der Waals surface area contributed by atoms with E-state index < -0.39 is 35.3 Å². The molecule has 47 heavy (non-hydrogen) atoms. The van der Waals surface area contributed by atoms with Gasteiger partial charge in [-0.25, -0.2) is 19.7 Å². The summed E-state index contributed by atoms with van der Waals surface area (Å²) in [5, 5.41) is 0.591. The normalized spacial score (nSPS) is 27.8. The monoisotopic (exact) mass is 662 g/mol. The van der Waals surface area contributed by atoms with Crippen LogP contribution in [0.25, 0.3) is 26.9 Å². The molecule has 0 radical (unpaired) electrons. The molecule has 4 heterocycles. The summed E-state index contributed by atoms with van der Waals surface area (Å²) in [7, 11) is 0. The molecule has 5 aliphatic rings. The summed E-state index contributed by atoms with van der Waals surface area (Å²) in [5.74, 6) is -1.18. The zero-order chi connectivity index (χ0) is 32.6. The third kappa shape index (κ3) is 5.03. The number of hydrogen-bond acceptors (Lipinski definition) is 6. The highest BCUT2D eigenvalue weighted by molar-refractivity contribution is 6.34. The molecule has 1 amide bonds. The van der Waals surface area contributed by atoms with Gasteiger partial charge in [0.25, 0.3) is 5.91 Å². The van der Waals surface area contributed by atoms with Crippen molar-refractivity contribution in [2.75, 3.05) is 50.8 Å². The number of nitrogens with zero attached hydrogens (tertiary/aromatic N) is 6. The van der Waals surface area contributed by atoms with E-state index in [1.807, 2.05) is 17.0 Å². The van der Waals surface area contributed by atoms with Crippen LogP contribution >= 0.6 is 11.6 Å². The van der Waals surface area contributed by atoms with Gasteiger partial charge in [0.15, 0.2) is 11.6 Å². The zero-order valence-corrected chi connectivity index (χ0v) is 26.6. The largest absolute Gasteiger partial charge is 0.461 e. The fourth-order valence-electron chi connectivity index (χ4n) is 8.65. The molecule has 244 valence electrons. The maximum absolute atomic E-state index is 17.0. The summed E-state index contributed by atoms with van der Waals surface area (Å²) < 4.78 is 51.6. The van der Waals surface area contributed by atoms with E-state index in [4.69, 9.17) is 27.9 Å². The molecule has 1 saturated carbocycles. The van der Waals surface area contributed by atoms with E-state index >= 15 is 4.39 Å². The smallest absolute Gasteiger partial charge is 0.319 e. The predicted octanol–water partition coefficient (Wildman–Crippen LogP) is 6.12. The molecule has 1 aromatic heterocycles. The number of ether oxygens (including phenoxy) is 1. The third-order valence-electron chi connectivity index (χ3n) is 10.9. The molecule has 12 heteroatoms. The Balaban J connectivity index is 1.22. The summed E-state index contributed by atoms with van der Waals surface area (Å²) in [6.07, 6.45) is 3.23. The van der Waals surface area contributed by atoms with Crippen LogP contribution in [0.5, 0.6) is 6.01 Å². The number of benzene rings is 2. The van der Waals surface area contributed by atoms with Crippen molar-refractivity contribution in [1.82, 2.24) is 19.8 Å². The number of fused-ring (bicyclic) bond motifs is 5. The molecule has 3 aliphatic heterocycles. The van der Waals surface area contributed by atoms with Crippen molar-refractivity contribution in [3.63, 3.8) is 0 Å². The highest BCUT2D eigenvalue weighted by Gasteiger charge is 2.50. The number of carbonyl (C=O) groups is 1. The number of hydrogen-bond donors (Lipinski definition) is 0. The maximum Gasteiger partial charge on any atom is 0.319 e. The van der Waals surface area contributed by atoms with Gasteiger partial charge in [-0.1, -0.05) is 36.4 Å². The Morgan fingerprint density at radius 3 is 2.89 bits per heavy atom. The van der Waals surface area contributed by atoms with Crippen molar-refractivity contribution in [2.24, 2.45) is 5.92 Å². The lowest BCUT2D eigenvalue weighted by atomic mass is 9.93. The molecule has 3 aromatic rings. The van der Waals surface area contributed by atoms with Crippen molar-refractivity contribution < 1.29 is 22.7 Å². The van der Waals surface area contributed by atoms with E-state index in [2.05, 4.69) is 27.4 Å². The molecule has 3 unspecified atom stereocenters. The highest BCUT2D eigenvalue weighted by Crippen LogP contribution is 2.59. The molecule has 0 N–H and O–H groups in total. The molecular weight excluding hydrogens is 629 g/mol. The Labute approximate surface area is 276 Å². The average molecular weight is 663 g/mol. The molecule has 2 aromatic carbocycles. The van der Waals surface area contributed by atoms with Crippen LogP contribution in [-0.4, -0.2) is 89.3 Å². The van der Waals surface area contributed by atoms with Crippen molar-refractivity contribution in [1.29, 1.82) is 0 Å². The van der Waals surface area contributed by atoms with Crippen LogP contribution in [0, 0.1) is 18.3 Å². The lowest BCUT2D eigenvalue weighted by Gasteiger charge is -2.39. The van der Waals surface area contributed by atoms with Gasteiger partial charge in [-0.15, -0.1) is 0 Å². The summed E-state index contributed by atoms with van der Waals surface area (Å²) in [5.41, 5.74) is 3.02. The van der Waals surface area contributed by atoms with Gasteiger partial charge >= 0.3 is 6.01 Å². The van der Waals surface area contributed by atoms with Gasteiger partial charge in [0.2, 0.25) is 6.54 Å². The van der Waals surface area contributed by atoms with Gasteiger partial charge in [0, 0.05) is 43.5 Å². The molecule has 0 spiro atoms. The minimum atomic E-state index is -1.09. The van der Waals surface area contributed by atoms with Crippen LogP contribution in [0.4, 0.5) is 19.0 Å². The molecule has 4 fully saturated rings. The quantitative estimate of drug-likeness (QED) is 0.224. The van der Waals surface area contributed by atoms with Gasteiger partial charge in [-0.3, -0.25) is 9.69 Å². The lowest BCUT2D eigenvalue weighted by Crippen LogP contribution is -2.56. The van der Waals surface area contributed by atoms with Gasteiger partial charge in [-0.05, 0) is 66.8 Å². The Kier molecular flexibility index (Phi) is 7.37. The lowest BCUT2D eigenvalue weighted by molar-refractivity contribution is -0.131.